The Hall–Kier alpha value is -1.02. The van der Waals surface area contributed by atoms with Gasteiger partial charge in [-0.25, -0.2) is 0 Å². The van der Waals surface area contributed by atoms with Crippen LogP contribution in [0.3, 0.4) is 0 Å². The lowest BCUT2D eigenvalue weighted by atomic mass is 9.85. The third-order valence-electron chi connectivity index (χ3n) is 3.12. The number of rotatable bonds is 5. The van der Waals surface area contributed by atoms with Crippen LogP contribution in [-0.2, 0) is 0 Å². The van der Waals surface area contributed by atoms with E-state index in [0.717, 1.165) is 12.2 Å². The van der Waals surface area contributed by atoms with E-state index in [1.807, 2.05) is 6.07 Å². The van der Waals surface area contributed by atoms with Crippen molar-refractivity contribution in [3.8, 4) is 0 Å². The van der Waals surface area contributed by atoms with Crippen LogP contribution in [0, 0.1) is 5.92 Å². The minimum atomic E-state index is 0.603. The van der Waals surface area contributed by atoms with Gasteiger partial charge < -0.3 is 10.6 Å². The highest BCUT2D eigenvalue weighted by Gasteiger charge is 2.18. The molecular formula is C14H24N2. The summed E-state index contributed by atoms with van der Waals surface area (Å²) in [5.74, 6) is 1.26. The predicted octanol–water partition coefficient (Wildman–Crippen LogP) is 2.96. The molecule has 0 aromatic heterocycles. The molecule has 2 nitrogen and oxygen atoms in total. The molecule has 0 saturated carbocycles. The number of nitrogens with two attached hydrogens (primary N) is 1. The van der Waals surface area contributed by atoms with Crippen molar-refractivity contribution in [3.63, 3.8) is 0 Å². The van der Waals surface area contributed by atoms with Gasteiger partial charge in [-0.05, 0) is 50.0 Å². The monoisotopic (exact) mass is 220 g/mol. The summed E-state index contributed by atoms with van der Waals surface area (Å²) in [6.07, 6.45) is 1.17. The van der Waals surface area contributed by atoms with E-state index in [4.69, 9.17) is 5.73 Å². The first-order chi connectivity index (χ1) is 7.54. The van der Waals surface area contributed by atoms with Crippen LogP contribution in [-0.4, -0.2) is 25.5 Å². The minimum absolute atomic E-state index is 0.603. The first-order valence-electron chi connectivity index (χ1n) is 6.04. The Morgan fingerprint density at radius 3 is 2.50 bits per heavy atom. The van der Waals surface area contributed by atoms with E-state index < -0.39 is 0 Å². The fourth-order valence-corrected chi connectivity index (χ4v) is 2.46. The van der Waals surface area contributed by atoms with E-state index in [9.17, 15) is 0 Å². The fourth-order valence-electron chi connectivity index (χ4n) is 2.46. The molecule has 0 aliphatic carbocycles. The average Bonchev–Trinajstić information content (AvgIpc) is 2.17. The number of nitrogens with zero attached hydrogens (tertiary/aromatic N) is 1. The molecule has 1 aromatic rings. The molecule has 0 fully saturated rings. The zero-order chi connectivity index (χ0) is 12.1. The van der Waals surface area contributed by atoms with Crippen LogP contribution in [0.15, 0.2) is 24.3 Å². The van der Waals surface area contributed by atoms with E-state index in [0.29, 0.717) is 11.8 Å². The molecule has 0 bridgehead atoms. The SMILES string of the molecule is CCC(c1cccc(N)c1)C(C)CN(C)C. The molecule has 90 valence electrons. The Morgan fingerprint density at radius 1 is 1.31 bits per heavy atom. The molecule has 0 aliphatic rings. The number of benzene rings is 1. The van der Waals surface area contributed by atoms with E-state index in [2.05, 4.69) is 51.0 Å². The topological polar surface area (TPSA) is 29.3 Å². The lowest BCUT2D eigenvalue weighted by molar-refractivity contribution is 0.301. The van der Waals surface area contributed by atoms with Crippen LogP contribution in [0.25, 0.3) is 0 Å². The molecule has 1 rings (SSSR count). The third kappa shape index (κ3) is 3.53. The summed E-state index contributed by atoms with van der Waals surface area (Å²) in [7, 11) is 4.26. The number of hydrogen-bond donors (Lipinski definition) is 1. The van der Waals surface area contributed by atoms with Crippen LogP contribution in [0.1, 0.15) is 31.7 Å². The van der Waals surface area contributed by atoms with Gasteiger partial charge >= 0.3 is 0 Å². The fraction of sp³-hybridized carbons (Fsp3) is 0.571. The molecule has 0 amide bonds. The lowest BCUT2D eigenvalue weighted by Gasteiger charge is -2.26. The zero-order valence-electron chi connectivity index (χ0n) is 10.9. The molecule has 0 heterocycles. The van der Waals surface area contributed by atoms with Crippen molar-refractivity contribution < 1.29 is 0 Å². The van der Waals surface area contributed by atoms with Gasteiger partial charge in [0.25, 0.3) is 0 Å². The summed E-state index contributed by atoms with van der Waals surface area (Å²) >= 11 is 0. The lowest BCUT2D eigenvalue weighted by Crippen LogP contribution is -2.24. The highest BCUT2D eigenvalue weighted by Crippen LogP contribution is 2.29. The van der Waals surface area contributed by atoms with E-state index in [-0.39, 0.29) is 0 Å². The molecular weight excluding hydrogens is 196 g/mol. The molecule has 0 radical (unpaired) electrons. The van der Waals surface area contributed by atoms with Gasteiger partial charge in [-0.2, -0.15) is 0 Å². The Kier molecular flexibility index (Phi) is 4.81. The standard InChI is InChI=1S/C14H24N2/c1-5-14(11(2)10-16(3)4)12-7-6-8-13(15)9-12/h6-9,11,14H,5,10,15H2,1-4H3. The van der Waals surface area contributed by atoms with Crippen LogP contribution < -0.4 is 5.73 Å². The average molecular weight is 220 g/mol. The molecule has 2 unspecified atom stereocenters. The van der Waals surface area contributed by atoms with Crippen molar-refractivity contribution >= 4 is 5.69 Å². The summed E-state index contributed by atoms with van der Waals surface area (Å²) in [5.41, 5.74) is 8.08. The molecule has 0 aliphatic heterocycles. The summed E-state index contributed by atoms with van der Waals surface area (Å²) < 4.78 is 0. The van der Waals surface area contributed by atoms with Crippen LogP contribution in [0.2, 0.25) is 0 Å². The molecule has 0 saturated heterocycles. The highest BCUT2D eigenvalue weighted by molar-refractivity contribution is 5.42. The molecule has 1 aromatic carbocycles. The quantitative estimate of drug-likeness (QED) is 0.773. The van der Waals surface area contributed by atoms with Crippen molar-refractivity contribution in [2.45, 2.75) is 26.2 Å². The Morgan fingerprint density at radius 2 is 2.00 bits per heavy atom. The van der Waals surface area contributed by atoms with Crippen LogP contribution in [0.4, 0.5) is 5.69 Å². The highest BCUT2D eigenvalue weighted by atomic mass is 15.1. The van der Waals surface area contributed by atoms with Crippen LogP contribution >= 0.6 is 0 Å². The van der Waals surface area contributed by atoms with Gasteiger partial charge in [-0.3, -0.25) is 0 Å². The van der Waals surface area contributed by atoms with Crippen molar-refractivity contribution in [3.05, 3.63) is 29.8 Å². The van der Waals surface area contributed by atoms with E-state index in [1.165, 1.54) is 12.0 Å². The van der Waals surface area contributed by atoms with E-state index >= 15 is 0 Å². The number of hydrogen-bond acceptors (Lipinski definition) is 2. The van der Waals surface area contributed by atoms with Gasteiger partial charge in [0.15, 0.2) is 0 Å². The van der Waals surface area contributed by atoms with Gasteiger partial charge in [0.05, 0.1) is 0 Å². The summed E-state index contributed by atoms with van der Waals surface area (Å²) in [4.78, 5) is 2.25. The molecule has 0 spiro atoms. The first-order valence-corrected chi connectivity index (χ1v) is 6.04. The number of nitrogen functional groups attached to an aromatic ring is 1. The second-order valence-corrected chi connectivity index (χ2v) is 4.92. The van der Waals surface area contributed by atoms with Crippen LogP contribution in [0.5, 0.6) is 0 Å². The largest absolute Gasteiger partial charge is 0.399 e. The predicted molar refractivity (Wildman–Crippen MR) is 71.6 cm³/mol. The zero-order valence-corrected chi connectivity index (χ0v) is 10.9. The van der Waals surface area contributed by atoms with Gasteiger partial charge in [-0.15, -0.1) is 0 Å². The maximum Gasteiger partial charge on any atom is 0.0316 e. The van der Waals surface area contributed by atoms with Gasteiger partial charge in [0.2, 0.25) is 0 Å². The maximum absolute atomic E-state index is 5.84. The molecule has 2 atom stereocenters. The van der Waals surface area contributed by atoms with Crippen molar-refractivity contribution in [2.24, 2.45) is 5.92 Å². The second-order valence-electron chi connectivity index (χ2n) is 4.92. The molecule has 16 heavy (non-hydrogen) atoms. The summed E-state index contributed by atoms with van der Waals surface area (Å²) in [5, 5.41) is 0. The van der Waals surface area contributed by atoms with Gasteiger partial charge in [-0.1, -0.05) is 26.0 Å². The van der Waals surface area contributed by atoms with Crippen molar-refractivity contribution in [1.82, 2.24) is 4.90 Å². The maximum atomic E-state index is 5.84. The summed E-state index contributed by atoms with van der Waals surface area (Å²) in [6, 6.07) is 8.31. The number of anilines is 1. The van der Waals surface area contributed by atoms with Crippen molar-refractivity contribution in [2.75, 3.05) is 26.4 Å². The van der Waals surface area contributed by atoms with Crippen molar-refractivity contribution in [1.29, 1.82) is 0 Å². The normalized spacial score (nSPS) is 15.1. The smallest absolute Gasteiger partial charge is 0.0316 e. The first kappa shape index (κ1) is 13.0. The Labute approximate surface area is 99.5 Å². The molecule has 2 heteroatoms. The van der Waals surface area contributed by atoms with Gasteiger partial charge in [0, 0.05) is 12.2 Å². The Balaban J connectivity index is 2.81. The minimum Gasteiger partial charge on any atom is -0.399 e. The second kappa shape index (κ2) is 5.90. The van der Waals surface area contributed by atoms with Gasteiger partial charge in [0.1, 0.15) is 0 Å². The Bertz CT molecular complexity index is 320. The molecule has 2 N–H and O–H groups in total. The van der Waals surface area contributed by atoms with E-state index in [1.54, 1.807) is 0 Å². The third-order valence-corrected chi connectivity index (χ3v) is 3.12. The summed E-state index contributed by atoms with van der Waals surface area (Å²) in [6.45, 7) is 5.69.